The molecule has 0 aliphatic rings. The molecule has 1 rings (SSSR count). The normalized spacial score (nSPS) is 15.0. The maximum atomic E-state index is 12.5. The molecule has 0 aliphatic carbocycles. The predicted octanol–water partition coefficient (Wildman–Crippen LogP) is 7.01. The monoisotopic (exact) mass is 469 g/mol. The van der Waals surface area contributed by atoms with E-state index in [-0.39, 0.29) is 20.9 Å². The van der Waals surface area contributed by atoms with E-state index in [1.54, 1.807) is 0 Å². The molecular formula is C25H47NO3SSi. The number of hydrogen-bond acceptors (Lipinski definition) is 3. The van der Waals surface area contributed by atoms with E-state index in [0.717, 1.165) is 24.3 Å². The Balaban J connectivity index is 3.09. The van der Waals surface area contributed by atoms with Crippen LogP contribution in [0.4, 0.5) is 0 Å². The fourth-order valence-corrected chi connectivity index (χ4v) is 4.48. The minimum atomic E-state index is -1.98. The first-order valence-corrected chi connectivity index (χ1v) is 15.4. The minimum absolute atomic E-state index is 0.114. The van der Waals surface area contributed by atoms with Gasteiger partial charge in [0.2, 0.25) is 0 Å². The van der Waals surface area contributed by atoms with Gasteiger partial charge in [-0.1, -0.05) is 26.8 Å². The zero-order valence-corrected chi connectivity index (χ0v) is 24.1. The van der Waals surface area contributed by atoms with Gasteiger partial charge < -0.3 is 9.16 Å². The summed E-state index contributed by atoms with van der Waals surface area (Å²) < 4.78 is 28.4. The summed E-state index contributed by atoms with van der Waals surface area (Å²) in [6, 6.07) is 6.31. The van der Waals surface area contributed by atoms with Crippen molar-refractivity contribution in [2.24, 2.45) is 0 Å². The maximum absolute atomic E-state index is 12.5. The molecule has 0 bridgehead atoms. The van der Waals surface area contributed by atoms with E-state index in [9.17, 15) is 4.21 Å². The highest BCUT2D eigenvalue weighted by atomic mass is 32.2. The Hall–Kier alpha value is -0.853. The van der Waals surface area contributed by atoms with Crippen LogP contribution < -0.4 is 13.9 Å². The molecule has 0 saturated heterocycles. The summed E-state index contributed by atoms with van der Waals surface area (Å²) in [7, 11) is -3.07. The first-order valence-electron chi connectivity index (χ1n) is 11.3. The van der Waals surface area contributed by atoms with Gasteiger partial charge in [-0.25, -0.2) is 8.93 Å². The van der Waals surface area contributed by atoms with E-state index < -0.39 is 19.3 Å². The Morgan fingerprint density at radius 2 is 1.45 bits per heavy atom. The number of rotatable bonds is 8. The van der Waals surface area contributed by atoms with Gasteiger partial charge in [-0.2, -0.15) is 0 Å². The van der Waals surface area contributed by atoms with E-state index in [2.05, 4.69) is 91.4 Å². The van der Waals surface area contributed by atoms with Gasteiger partial charge in [-0.3, -0.25) is 0 Å². The van der Waals surface area contributed by atoms with E-state index in [1.165, 1.54) is 5.56 Å². The first kappa shape index (κ1) is 28.2. The third-order valence-electron chi connectivity index (χ3n) is 5.56. The van der Waals surface area contributed by atoms with Crippen molar-refractivity contribution in [3.05, 3.63) is 23.8 Å². The Morgan fingerprint density at radius 1 is 0.903 bits per heavy atom. The number of ether oxygens (including phenoxy) is 1. The topological polar surface area (TPSA) is 47.6 Å². The SMILES string of the molecule is CC(C)(CCc1ccc(O[Si](C)(C)C(C)(C)C)c(OC(C)(C)C)c1)N[S@](=O)C(C)(C)C. The molecule has 4 nitrogen and oxygen atoms in total. The molecule has 6 heteroatoms. The van der Waals surface area contributed by atoms with Crippen LogP contribution in [0.3, 0.4) is 0 Å². The molecule has 0 spiro atoms. The van der Waals surface area contributed by atoms with E-state index in [1.807, 2.05) is 20.8 Å². The van der Waals surface area contributed by atoms with Crippen LogP contribution in [0.25, 0.3) is 0 Å². The molecule has 0 radical (unpaired) electrons. The quantitative estimate of drug-likeness (QED) is 0.416. The van der Waals surface area contributed by atoms with Gasteiger partial charge in [-0.05, 0) is 104 Å². The number of aryl methyl sites for hydroxylation is 1. The standard InChI is InChI=1S/C25H47NO3SSi/c1-22(2,3)28-21-18-19(14-15-20(21)29-31(12,13)24(7,8)9)16-17-25(10,11)26-30(27)23(4,5)6/h14-15,18,26H,16-17H2,1-13H3/t30-/m1/s1. The molecule has 0 fully saturated rings. The number of nitrogens with one attached hydrogen (secondary N) is 1. The van der Waals surface area contributed by atoms with Crippen LogP contribution in [-0.4, -0.2) is 28.4 Å². The zero-order valence-electron chi connectivity index (χ0n) is 22.3. The minimum Gasteiger partial charge on any atom is -0.541 e. The molecule has 0 aliphatic heterocycles. The molecule has 31 heavy (non-hydrogen) atoms. The molecule has 0 heterocycles. The summed E-state index contributed by atoms with van der Waals surface area (Å²) >= 11 is 0. The van der Waals surface area contributed by atoms with Crippen molar-refractivity contribution in [1.29, 1.82) is 0 Å². The van der Waals surface area contributed by atoms with Gasteiger partial charge in [0.1, 0.15) is 11.4 Å². The van der Waals surface area contributed by atoms with Gasteiger partial charge in [0.05, 0.1) is 15.7 Å². The highest BCUT2D eigenvalue weighted by Gasteiger charge is 2.39. The molecule has 180 valence electrons. The molecule has 0 amide bonds. The van der Waals surface area contributed by atoms with Crippen LogP contribution in [-0.2, 0) is 17.4 Å². The van der Waals surface area contributed by atoms with E-state index in [4.69, 9.17) is 9.16 Å². The predicted molar refractivity (Wildman–Crippen MR) is 138 cm³/mol. The lowest BCUT2D eigenvalue weighted by atomic mass is 9.96. The summed E-state index contributed by atoms with van der Waals surface area (Å²) in [6.45, 7) is 27.6. The lowest BCUT2D eigenvalue weighted by Crippen LogP contribution is -2.46. The highest BCUT2D eigenvalue weighted by molar-refractivity contribution is 7.84. The van der Waals surface area contributed by atoms with E-state index >= 15 is 0 Å². The number of hydrogen-bond donors (Lipinski definition) is 1. The van der Waals surface area contributed by atoms with Crippen molar-refractivity contribution in [2.75, 3.05) is 0 Å². The van der Waals surface area contributed by atoms with Gasteiger partial charge in [-0.15, -0.1) is 0 Å². The van der Waals surface area contributed by atoms with Crippen molar-refractivity contribution < 1.29 is 13.4 Å². The third kappa shape index (κ3) is 9.27. The summed E-state index contributed by atoms with van der Waals surface area (Å²) in [5.74, 6) is 1.63. The molecule has 0 unspecified atom stereocenters. The Labute approximate surface area is 195 Å². The smallest absolute Gasteiger partial charge is 0.250 e. The average molecular weight is 470 g/mol. The zero-order chi connectivity index (χ0) is 24.5. The Kier molecular flexibility index (Phi) is 8.69. The second kappa shape index (κ2) is 9.56. The maximum Gasteiger partial charge on any atom is 0.250 e. The van der Waals surface area contributed by atoms with Crippen molar-refractivity contribution >= 4 is 19.3 Å². The van der Waals surface area contributed by atoms with Crippen LogP contribution in [0.2, 0.25) is 18.1 Å². The highest BCUT2D eigenvalue weighted by Crippen LogP contribution is 2.41. The number of benzene rings is 1. The fraction of sp³-hybridized carbons (Fsp3) is 0.760. The molecule has 1 aromatic rings. The van der Waals surface area contributed by atoms with Crippen LogP contribution in [0.1, 0.15) is 88.1 Å². The van der Waals surface area contributed by atoms with Gasteiger partial charge in [0, 0.05) is 5.54 Å². The first-order chi connectivity index (χ1) is 13.6. The van der Waals surface area contributed by atoms with Crippen molar-refractivity contribution in [3.63, 3.8) is 0 Å². The molecule has 0 aromatic heterocycles. The summed E-state index contributed by atoms with van der Waals surface area (Å²) in [5, 5.41) is 0.114. The van der Waals surface area contributed by atoms with Crippen LogP contribution in [0, 0.1) is 0 Å². The summed E-state index contributed by atoms with van der Waals surface area (Å²) in [6.07, 6.45) is 1.73. The molecule has 1 atom stereocenters. The van der Waals surface area contributed by atoms with E-state index in [0.29, 0.717) is 0 Å². The van der Waals surface area contributed by atoms with Crippen LogP contribution >= 0.6 is 0 Å². The molecule has 1 aromatic carbocycles. The summed E-state index contributed by atoms with van der Waals surface area (Å²) in [5.41, 5.74) is 0.645. The molecular weight excluding hydrogens is 422 g/mol. The van der Waals surface area contributed by atoms with Crippen LogP contribution in [0.15, 0.2) is 18.2 Å². The lowest BCUT2D eigenvalue weighted by molar-refractivity contribution is 0.127. The lowest BCUT2D eigenvalue weighted by Gasteiger charge is -2.37. The molecule has 0 saturated carbocycles. The second-order valence-corrected chi connectivity index (χ2v) is 19.4. The fourth-order valence-electron chi connectivity index (χ4n) is 2.54. The summed E-state index contributed by atoms with van der Waals surface area (Å²) in [4.78, 5) is 0. The van der Waals surface area contributed by atoms with Crippen molar-refractivity contribution in [1.82, 2.24) is 4.72 Å². The second-order valence-electron chi connectivity index (χ2n) is 12.7. The molecule has 1 N–H and O–H groups in total. The Bertz CT molecular complexity index is 768. The van der Waals surface area contributed by atoms with Gasteiger partial charge in [0.25, 0.3) is 8.32 Å². The van der Waals surface area contributed by atoms with Gasteiger partial charge in [0.15, 0.2) is 5.75 Å². The third-order valence-corrected chi connectivity index (χ3v) is 11.8. The van der Waals surface area contributed by atoms with Gasteiger partial charge >= 0.3 is 0 Å². The van der Waals surface area contributed by atoms with Crippen molar-refractivity contribution in [3.8, 4) is 11.5 Å². The Morgan fingerprint density at radius 3 is 1.90 bits per heavy atom. The average Bonchev–Trinajstić information content (AvgIpc) is 2.51. The largest absolute Gasteiger partial charge is 0.541 e. The van der Waals surface area contributed by atoms with Crippen LogP contribution in [0.5, 0.6) is 11.5 Å². The van der Waals surface area contributed by atoms with Crippen molar-refractivity contribution in [2.45, 2.75) is 123 Å².